The molecule has 248 valence electrons. The van der Waals surface area contributed by atoms with Crippen LogP contribution in [0.1, 0.15) is 46.0 Å². The number of nitrogens with zero attached hydrogens (tertiary/aromatic N) is 9. The molecule has 1 aliphatic heterocycles. The van der Waals surface area contributed by atoms with E-state index in [4.69, 9.17) is 10.7 Å². The van der Waals surface area contributed by atoms with Gasteiger partial charge in [0, 0.05) is 64.1 Å². The van der Waals surface area contributed by atoms with Crippen molar-refractivity contribution in [2.24, 2.45) is 7.05 Å². The van der Waals surface area contributed by atoms with Crippen molar-refractivity contribution in [3.05, 3.63) is 112 Å². The number of nitrogens with one attached hydrogen (secondary N) is 1. The molecule has 0 unspecified atom stereocenters. The van der Waals surface area contributed by atoms with Gasteiger partial charge in [-0.3, -0.25) is 18.8 Å². The lowest BCUT2D eigenvalue weighted by Crippen LogP contribution is -2.45. The van der Waals surface area contributed by atoms with Crippen molar-refractivity contribution >= 4 is 28.3 Å². The molecule has 6 aromatic rings. The maximum Gasteiger partial charge on any atom is 0.267 e. The second-order valence-corrected chi connectivity index (χ2v) is 12.3. The first-order valence-electron chi connectivity index (χ1n) is 16.2. The van der Waals surface area contributed by atoms with Gasteiger partial charge in [-0.05, 0) is 44.3 Å². The number of benzene rings is 2. The van der Waals surface area contributed by atoms with E-state index in [0.29, 0.717) is 33.6 Å². The van der Waals surface area contributed by atoms with Gasteiger partial charge in [0.2, 0.25) is 0 Å². The average Bonchev–Trinajstić information content (AvgIpc) is 3.64. The number of carbonyl (C=O) groups is 1. The smallest absolute Gasteiger partial charge is 0.267 e. The van der Waals surface area contributed by atoms with Gasteiger partial charge >= 0.3 is 0 Å². The highest BCUT2D eigenvalue weighted by atomic mass is 16.2. The number of rotatable bonds is 7. The van der Waals surface area contributed by atoms with Crippen LogP contribution in [0.4, 0.5) is 5.82 Å². The van der Waals surface area contributed by atoms with E-state index < -0.39 is 11.9 Å². The average molecular weight is 656 g/mol. The number of anilines is 1. The molecule has 1 aliphatic rings. The third kappa shape index (κ3) is 6.27. The minimum atomic E-state index is -0.698. The standard InChI is InChI=1S/C36H37N11O2/c1-24(40-35(48)31-32(37)42-46-17-8-16-38-34(31)46)33-41-28-12-7-9-25(30(28)36(49)47(33)27-10-5-4-6-11-27)13-14-26-23-39-44(3)29(26)15-18-45-21-19-43(2)20-22-45/h4-12,16-17,23-24H,15,18-22H2,1-3H3,(H2,37,42)(H,40,48)/t24-/m1/s1. The number of para-hydroxylation sites is 1. The first-order valence-corrected chi connectivity index (χ1v) is 16.2. The first kappa shape index (κ1) is 31.7. The summed E-state index contributed by atoms with van der Waals surface area (Å²) in [7, 11) is 4.09. The molecule has 13 heteroatoms. The summed E-state index contributed by atoms with van der Waals surface area (Å²) in [4.78, 5) is 42.1. The van der Waals surface area contributed by atoms with E-state index in [1.54, 1.807) is 37.6 Å². The van der Waals surface area contributed by atoms with Crippen LogP contribution in [0.15, 0.2) is 78.0 Å². The highest BCUT2D eigenvalue weighted by Crippen LogP contribution is 2.22. The molecule has 2 aromatic carbocycles. The van der Waals surface area contributed by atoms with Gasteiger partial charge in [-0.1, -0.05) is 36.1 Å². The Kier molecular flexibility index (Phi) is 8.65. The lowest BCUT2D eigenvalue weighted by atomic mass is 10.1. The van der Waals surface area contributed by atoms with Crippen LogP contribution < -0.4 is 16.6 Å². The maximum absolute atomic E-state index is 14.5. The molecule has 1 saturated heterocycles. The van der Waals surface area contributed by atoms with Crippen LogP contribution in [0.25, 0.3) is 22.2 Å². The summed E-state index contributed by atoms with van der Waals surface area (Å²) in [6.07, 6.45) is 5.85. The van der Waals surface area contributed by atoms with Crippen LogP contribution in [-0.2, 0) is 13.5 Å². The van der Waals surface area contributed by atoms with E-state index in [1.807, 2.05) is 54.2 Å². The van der Waals surface area contributed by atoms with Gasteiger partial charge in [0.05, 0.1) is 40.1 Å². The fourth-order valence-electron chi connectivity index (χ4n) is 6.26. The predicted molar refractivity (Wildman–Crippen MR) is 187 cm³/mol. The van der Waals surface area contributed by atoms with Crippen molar-refractivity contribution in [1.29, 1.82) is 0 Å². The molecule has 13 nitrogen and oxygen atoms in total. The lowest BCUT2D eigenvalue weighted by Gasteiger charge is -2.32. The molecule has 5 heterocycles. The number of carbonyl (C=O) groups excluding carboxylic acids is 1. The molecule has 49 heavy (non-hydrogen) atoms. The number of aromatic nitrogens is 7. The molecule has 1 amide bonds. The fraction of sp³-hybridized carbons (Fsp3) is 0.278. The van der Waals surface area contributed by atoms with E-state index in [2.05, 4.69) is 49.2 Å². The van der Waals surface area contributed by atoms with E-state index in [0.717, 1.165) is 50.4 Å². The second kappa shape index (κ2) is 13.3. The van der Waals surface area contributed by atoms with Gasteiger partial charge in [0.25, 0.3) is 11.5 Å². The number of piperazine rings is 1. The van der Waals surface area contributed by atoms with Crippen LogP contribution >= 0.6 is 0 Å². The molecule has 0 aliphatic carbocycles. The summed E-state index contributed by atoms with van der Waals surface area (Å²) in [6, 6.07) is 15.7. The van der Waals surface area contributed by atoms with Gasteiger partial charge in [0.1, 0.15) is 11.4 Å². The van der Waals surface area contributed by atoms with Gasteiger partial charge < -0.3 is 20.9 Å². The molecule has 3 N–H and O–H groups in total. The summed E-state index contributed by atoms with van der Waals surface area (Å²) in [5.41, 5.74) is 9.83. The Morgan fingerprint density at radius 2 is 1.78 bits per heavy atom. The number of nitrogens with two attached hydrogens (primary N) is 1. The number of aryl methyl sites for hydroxylation is 1. The summed E-state index contributed by atoms with van der Waals surface area (Å²) in [5, 5.41) is 12.0. The van der Waals surface area contributed by atoms with Crippen LogP contribution in [0.3, 0.4) is 0 Å². The third-order valence-electron chi connectivity index (χ3n) is 8.98. The highest BCUT2D eigenvalue weighted by molar-refractivity contribution is 6.04. The van der Waals surface area contributed by atoms with Crippen molar-refractivity contribution in [3.8, 4) is 17.5 Å². The second-order valence-electron chi connectivity index (χ2n) is 12.3. The molecular weight excluding hydrogens is 618 g/mol. The number of amides is 1. The Balaban J connectivity index is 1.25. The Morgan fingerprint density at radius 3 is 2.57 bits per heavy atom. The topological polar surface area (TPSA) is 144 Å². The number of hydrogen-bond donors (Lipinski definition) is 2. The normalized spacial score (nSPS) is 14.5. The van der Waals surface area contributed by atoms with E-state index in [9.17, 15) is 9.59 Å². The molecule has 1 fully saturated rings. The number of likely N-dealkylation sites (N-methyl/N-ethyl adjacent to an activating group) is 1. The summed E-state index contributed by atoms with van der Waals surface area (Å²) < 4.78 is 4.86. The Labute approximate surface area is 283 Å². The summed E-state index contributed by atoms with van der Waals surface area (Å²) in [6.45, 7) is 6.92. The van der Waals surface area contributed by atoms with E-state index in [-0.39, 0.29) is 16.9 Å². The molecule has 0 bridgehead atoms. The van der Waals surface area contributed by atoms with Gasteiger partial charge in [-0.25, -0.2) is 14.5 Å². The quantitative estimate of drug-likeness (QED) is 0.248. The molecule has 0 radical (unpaired) electrons. The third-order valence-corrected chi connectivity index (χ3v) is 8.98. The van der Waals surface area contributed by atoms with Gasteiger partial charge in [-0.2, -0.15) is 5.10 Å². The zero-order valence-corrected chi connectivity index (χ0v) is 27.7. The van der Waals surface area contributed by atoms with Crippen LogP contribution in [-0.4, -0.2) is 89.4 Å². The largest absolute Gasteiger partial charge is 0.381 e. The van der Waals surface area contributed by atoms with Gasteiger partial charge in [0.15, 0.2) is 11.5 Å². The van der Waals surface area contributed by atoms with E-state index >= 15 is 0 Å². The van der Waals surface area contributed by atoms with Crippen molar-refractivity contribution < 1.29 is 4.79 Å². The fourth-order valence-corrected chi connectivity index (χ4v) is 6.26. The zero-order valence-electron chi connectivity index (χ0n) is 27.7. The predicted octanol–water partition coefficient (Wildman–Crippen LogP) is 2.42. The number of hydrogen-bond acceptors (Lipinski definition) is 9. The monoisotopic (exact) mass is 655 g/mol. The summed E-state index contributed by atoms with van der Waals surface area (Å²) in [5.74, 6) is 6.49. The summed E-state index contributed by atoms with van der Waals surface area (Å²) >= 11 is 0. The minimum absolute atomic E-state index is 0.0506. The molecule has 0 saturated carbocycles. The van der Waals surface area contributed by atoms with Crippen molar-refractivity contribution in [3.63, 3.8) is 0 Å². The Morgan fingerprint density at radius 1 is 1.00 bits per heavy atom. The van der Waals surface area contributed by atoms with Crippen LogP contribution in [0, 0.1) is 11.8 Å². The minimum Gasteiger partial charge on any atom is -0.381 e. The first-order chi connectivity index (χ1) is 23.8. The Bertz CT molecular complexity index is 2290. The zero-order chi connectivity index (χ0) is 34.1. The molecular formula is C36H37N11O2. The van der Waals surface area contributed by atoms with Gasteiger partial charge in [-0.15, -0.1) is 5.10 Å². The highest BCUT2D eigenvalue weighted by Gasteiger charge is 2.25. The van der Waals surface area contributed by atoms with Crippen molar-refractivity contribution in [2.75, 3.05) is 45.5 Å². The van der Waals surface area contributed by atoms with Crippen molar-refractivity contribution in [1.82, 2.24) is 49.0 Å². The molecule has 0 spiro atoms. The lowest BCUT2D eigenvalue weighted by molar-refractivity contribution is 0.0940. The van der Waals surface area contributed by atoms with Crippen molar-refractivity contribution in [2.45, 2.75) is 19.4 Å². The Hall–Kier alpha value is -5.84. The molecule has 1 atom stereocenters. The molecule has 7 rings (SSSR count). The van der Waals surface area contributed by atoms with E-state index in [1.165, 1.54) is 9.08 Å². The van der Waals surface area contributed by atoms with Crippen LogP contribution in [0.2, 0.25) is 0 Å². The van der Waals surface area contributed by atoms with Crippen LogP contribution in [0.5, 0.6) is 0 Å². The number of nitrogen functional groups attached to an aromatic ring is 1. The molecule has 4 aromatic heterocycles. The SMILES string of the molecule is C[C@@H](NC(=O)c1c(N)nn2cccnc12)c1nc2cccc(C#Cc3cnn(C)c3CCN3CCN(C)CC3)c2c(=O)n1-c1ccccc1. The maximum atomic E-state index is 14.5. The number of fused-ring (bicyclic) bond motifs is 2.